The van der Waals surface area contributed by atoms with Gasteiger partial charge >= 0.3 is 12.1 Å². The number of aliphatic carboxylic acids is 1. The second-order valence-corrected chi connectivity index (χ2v) is 4.10. The van der Waals surface area contributed by atoms with E-state index in [-0.39, 0.29) is 18.8 Å². The summed E-state index contributed by atoms with van der Waals surface area (Å²) in [6.07, 6.45) is -5.78. The molecule has 4 nitrogen and oxygen atoms in total. The van der Waals surface area contributed by atoms with Crippen LogP contribution in [0.25, 0.3) is 11.0 Å². The first kappa shape index (κ1) is 13.4. The average molecular weight is 272 g/mol. The predicted octanol–water partition coefficient (Wildman–Crippen LogP) is 2.62. The summed E-state index contributed by atoms with van der Waals surface area (Å²) < 4.78 is 38.8. The minimum absolute atomic E-state index is 0.0265. The molecule has 0 spiro atoms. The summed E-state index contributed by atoms with van der Waals surface area (Å²) in [5.74, 6) is -1.22. The molecule has 0 unspecified atom stereocenters. The monoisotopic (exact) mass is 272 g/mol. The van der Waals surface area contributed by atoms with E-state index in [0.29, 0.717) is 11.0 Å². The van der Waals surface area contributed by atoms with Gasteiger partial charge in [0, 0.05) is 6.54 Å². The highest BCUT2D eigenvalue weighted by atomic mass is 19.4. The number of carbonyl (C=O) groups is 1. The van der Waals surface area contributed by atoms with Crippen molar-refractivity contribution in [3.05, 3.63) is 30.1 Å². The summed E-state index contributed by atoms with van der Waals surface area (Å²) in [5.41, 5.74) is 0.954. The molecule has 2 rings (SSSR count). The molecule has 0 amide bonds. The van der Waals surface area contributed by atoms with Crippen LogP contribution in [0.2, 0.25) is 0 Å². The van der Waals surface area contributed by atoms with Gasteiger partial charge in [0.2, 0.25) is 0 Å². The molecule has 1 heterocycles. The van der Waals surface area contributed by atoms with Crippen molar-refractivity contribution in [1.29, 1.82) is 0 Å². The van der Waals surface area contributed by atoms with Gasteiger partial charge in [0.25, 0.3) is 0 Å². The molecule has 0 radical (unpaired) electrons. The molecular formula is C12H11F3N2O2. The quantitative estimate of drug-likeness (QED) is 0.930. The number of carboxylic acids is 1. The Morgan fingerprint density at radius 1 is 1.32 bits per heavy atom. The van der Waals surface area contributed by atoms with Crippen molar-refractivity contribution in [2.24, 2.45) is 0 Å². The number of rotatable bonds is 4. The lowest BCUT2D eigenvalue weighted by molar-refractivity contribution is -0.137. The minimum atomic E-state index is -4.37. The van der Waals surface area contributed by atoms with Crippen molar-refractivity contribution < 1.29 is 23.1 Å². The topological polar surface area (TPSA) is 55.1 Å². The molecule has 0 fully saturated rings. The van der Waals surface area contributed by atoms with Gasteiger partial charge in [-0.2, -0.15) is 13.2 Å². The van der Waals surface area contributed by atoms with Gasteiger partial charge in [0.1, 0.15) is 12.2 Å². The number of carboxylic acid groups (broad SMARTS) is 1. The highest BCUT2D eigenvalue weighted by molar-refractivity contribution is 5.76. The van der Waals surface area contributed by atoms with E-state index in [4.69, 9.17) is 5.11 Å². The molecule has 1 aromatic heterocycles. The zero-order valence-electron chi connectivity index (χ0n) is 9.81. The highest BCUT2D eigenvalue weighted by Gasteiger charge is 2.31. The van der Waals surface area contributed by atoms with E-state index in [1.165, 1.54) is 4.57 Å². The van der Waals surface area contributed by atoms with Crippen LogP contribution < -0.4 is 0 Å². The summed E-state index contributed by atoms with van der Waals surface area (Å²) in [7, 11) is 0. The van der Waals surface area contributed by atoms with Gasteiger partial charge in [-0.1, -0.05) is 12.1 Å². The van der Waals surface area contributed by atoms with E-state index >= 15 is 0 Å². The molecule has 0 saturated carbocycles. The third kappa shape index (κ3) is 3.24. The molecule has 0 aliphatic heterocycles. The van der Waals surface area contributed by atoms with Gasteiger partial charge in [-0.15, -0.1) is 0 Å². The van der Waals surface area contributed by atoms with Crippen molar-refractivity contribution in [3.63, 3.8) is 0 Å². The average Bonchev–Trinajstić information content (AvgIpc) is 2.61. The van der Waals surface area contributed by atoms with Crippen molar-refractivity contribution in [3.8, 4) is 0 Å². The van der Waals surface area contributed by atoms with Crippen LogP contribution in [-0.2, 0) is 17.8 Å². The lowest BCUT2D eigenvalue weighted by Gasteiger charge is -2.09. The van der Waals surface area contributed by atoms with Crippen LogP contribution in [0.5, 0.6) is 0 Å². The van der Waals surface area contributed by atoms with Gasteiger partial charge in [0.05, 0.1) is 17.5 Å². The minimum Gasteiger partial charge on any atom is -0.481 e. The second kappa shape index (κ2) is 4.91. The molecule has 0 aliphatic rings. The maximum absolute atomic E-state index is 12.5. The Balaban J connectivity index is 2.42. The fourth-order valence-electron chi connectivity index (χ4n) is 1.90. The Kier molecular flexibility index (Phi) is 3.46. The molecule has 19 heavy (non-hydrogen) atoms. The Hall–Kier alpha value is -2.05. The SMILES string of the molecule is O=C(O)CCn1c(CC(F)(F)F)nc2ccccc21. The Labute approximate surface area is 106 Å². The Morgan fingerprint density at radius 3 is 2.63 bits per heavy atom. The third-order valence-corrected chi connectivity index (χ3v) is 2.64. The standard InChI is InChI=1S/C12H11F3N2O2/c13-12(14,15)7-10-16-8-3-1-2-4-9(8)17(10)6-5-11(18)19/h1-4H,5-7H2,(H,18,19). The number of benzene rings is 1. The molecule has 7 heteroatoms. The third-order valence-electron chi connectivity index (χ3n) is 2.64. The van der Waals surface area contributed by atoms with E-state index in [2.05, 4.69) is 4.98 Å². The number of fused-ring (bicyclic) bond motifs is 1. The lowest BCUT2D eigenvalue weighted by Crippen LogP contribution is -2.17. The van der Waals surface area contributed by atoms with Crippen molar-refractivity contribution in [2.45, 2.75) is 25.6 Å². The molecular weight excluding hydrogens is 261 g/mol. The van der Waals surface area contributed by atoms with E-state index in [1.807, 2.05) is 0 Å². The van der Waals surface area contributed by atoms with E-state index < -0.39 is 18.6 Å². The molecule has 2 aromatic rings. The summed E-state index contributed by atoms with van der Waals surface area (Å²) in [5, 5.41) is 8.65. The molecule has 0 bridgehead atoms. The van der Waals surface area contributed by atoms with E-state index in [1.54, 1.807) is 24.3 Å². The van der Waals surface area contributed by atoms with Gasteiger partial charge in [0.15, 0.2) is 0 Å². The fraction of sp³-hybridized carbons (Fsp3) is 0.333. The second-order valence-electron chi connectivity index (χ2n) is 4.10. The normalized spacial score (nSPS) is 11.9. The van der Waals surface area contributed by atoms with E-state index in [9.17, 15) is 18.0 Å². The van der Waals surface area contributed by atoms with Gasteiger partial charge in [-0.3, -0.25) is 4.79 Å². The number of hydrogen-bond donors (Lipinski definition) is 1. The number of aromatic nitrogens is 2. The van der Waals surface area contributed by atoms with Gasteiger partial charge in [-0.05, 0) is 12.1 Å². The number of hydrogen-bond acceptors (Lipinski definition) is 2. The van der Waals surface area contributed by atoms with Crippen molar-refractivity contribution in [1.82, 2.24) is 9.55 Å². The van der Waals surface area contributed by atoms with Crippen LogP contribution in [-0.4, -0.2) is 26.8 Å². The molecule has 0 aliphatic carbocycles. The molecule has 0 saturated heterocycles. The number of para-hydroxylation sites is 2. The van der Waals surface area contributed by atoms with Gasteiger partial charge < -0.3 is 9.67 Å². The molecule has 1 N–H and O–H groups in total. The van der Waals surface area contributed by atoms with Gasteiger partial charge in [-0.25, -0.2) is 4.98 Å². The van der Waals surface area contributed by atoms with Crippen LogP contribution in [0.15, 0.2) is 24.3 Å². The zero-order valence-corrected chi connectivity index (χ0v) is 9.81. The maximum atomic E-state index is 12.5. The summed E-state index contributed by atoms with van der Waals surface area (Å²) in [6, 6.07) is 6.59. The zero-order chi connectivity index (χ0) is 14.0. The van der Waals surface area contributed by atoms with Crippen molar-refractivity contribution in [2.75, 3.05) is 0 Å². The fourth-order valence-corrected chi connectivity index (χ4v) is 1.90. The molecule has 1 aromatic carbocycles. The number of nitrogens with zero attached hydrogens (tertiary/aromatic N) is 2. The lowest BCUT2D eigenvalue weighted by atomic mass is 10.3. The van der Waals surface area contributed by atoms with Crippen LogP contribution in [0.3, 0.4) is 0 Å². The number of imidazole rings is 1. The number of aryl methyl sites for hydroxylation is 1. The summed E-state index contributed by atoms with van der Waals surface area (Å²) in [6.45, 7) is -0.0265. The van der Waals surface area contributed by atoms with Crippen LogP contribution in [0.1, 0.15) is 12.2 Å². The smallest absolute Gasteiger partial charge is 0.396 e. The molecule has 102 valence electrons. The predicted molar refractivity (Wildman–Crippen MR) is 61.7 cm³/mol. The number of halogens is 3. The maximum Gasteiger partial charge on any atom is 0.396 e. The van der Waals surface area contributed by atoms with Crippen LogP contribution in [0, 0.1) is 0 Å². The first-order valence-electron chi connectivity index (χ1n) is 5.59. The van der Waals surface area contributed by atoms with Crippen molar-refractivity contribution >= 4 is 17.0 Å². The highest BCUT2D eigenvalue weighted by Crippen LogP contribution is 2.24. The van der Waals surface area contributed by atoms with E-state index in [0.717, 1.165) is 0 Å². The first-order chi connectivity index (χ1) is 8.87. The Morgan fingerprint density at radius 2 is 2.00 bits per heavy atom. The summed E-state index contributed by atoms with van der Waals surface area (Å²) >= 11 is 0. The summed E-state index contributed by atoms with van der Waals surface area (Å²) in [4.78, 5) is 14.5. The van der Waals surface area contributed by atoms with Crippen LogP contribution in [0.4, 0.5) is 13.2 Å². The Bertz CT molecular complexity index is 605. The largest absolute Gasteiger partial charge is 0.481 e. The van der Waals surface area contributed by atoms with Crippen LogP contribution >= 0.6 is 0 Å². The number of alkyl halides is 3. The molecule has 0 atom stereocenters. The first-order valence-corrected chi connectivity index (χ1v) is 5.59.